The summed E-state index contributed by atoms with van der Waals surface area (Å²) in [7, 11) is 0. The molecule has 2 aromatic heterocycles. The number of hydrogen-bond acceptors (Lipinski definition) is 4. The lowest BCUT2D eigenvalue weighted by Gasteiger charge is -2.08. The predicted octanol–water partition coefficient (Wildman–Crippen LogP) is 3.20. The number of rotatable bonds is 2. The van der Waals surface area contributed by atoms with E-state index < -0.39 is 11.5 Å². The number of benzene rings is 1. The number of amides is 1. The summed E-state index contributed by atoms with van der Waals surface area (Å²) < 4.78 is 0.457. The molecule has 21 heavy (non-hydrogen) atoms. The average molecular weight is 321 g/mol. The molecule has 0 atom stereocenters. The number of H-pyrrole nitrogens is 1. The fraction of sp³-hybridized carbons (Fsp3) is 0. The van der Waals surface area contributed by atoms with Gasteiger partial charge in [0.25, 0.3) is 11.5 Å². The van der Waals surface area contributed by atoms with Crippen molar-refractivity contribution in [2.45, 2.75) is 0 Å². The number of thiophene rings is 1. The van der Waals surface area contributed by atoms with Crippen LogP contribution in [0.4, 0.5) is 5.69 Å². The van der Waals surface area contributed by atoms with Crippen molar-refractivity contribution in [1.29, 1.82) is 0 Å². The highest BCUT2D eigenvalue weighted by Crippen LogP contribution is 2.30. The van der Waals surface area contributed by atoms with Gasteiger partial charge >= 0.3 is 0 Å². The van der Waals surface area contributed by atoms with Crippen molar-refractivity contribution in [3.8, 4) is 5.75 Å². The molecule has 1 amide bonds. The van der Waals surface area contributed by atoms with Gasteiger partial charge in [-0.3, -0.25) is 9.59 Å². The standard InChI is InChI=1S/C14H9ClN2O3S/c15-7-3-1-2-4-8(7)16-13(19)10-11(18)12-9(5-6-21-12)17-14(10)20/h1-6H,(H,16,19)(H2,17,18,20). The lowest BCUT2D eigenvalue weighted by Crippen LogP contribution is -2.23. The third kappa shape index (κ3) is 2.39. The maximum Gasteiger partial charge on any atom is 0.265 e. The zero-order valence-electron chi connectivity index (χ0n) is 10.5. The topological polar surface area (TPSA) is 82.2 Å². The number of aromatic amines is 1. The number of carbonyl (C=O) groups is 1. The van der Waals surface area contributed by atoms with Gasteiger partial charge in [0.05, 0.1) is 20.9 Å². The van der Waals surface area contributed by atoms with Gasteiger partial charge in [-0.05, 0) is 23.6 Å². The van der Waals surface area contributed by atoms with Crippen LogP contribution in [0, 0.1) is 0 Å². The second-order valence-electron chi connectivity index (χ2n) is 4.28. The van der Waals surface area contributed by atoms with E-state index in [1.165, 1.54) is 11.3 Å². The van der Waals surface area contributed by atoms with Crippen LogP contribution in [0.15, 0.2) is 40.5 Å². The molecule has 0 unspecified atom stereocenters. The Kier molecular flexibility index (Phi) is 3.40. The predicted molar refractivity (Wildman–Crippen MR) is 83.5 cm³/mol. The van der Waals surface area contributed by atoms with Gasteiger partial charge in [0, 0.05) is 0 Å². The summed E-state index contributed by atoms with van der Waals surface area (Å²) in [4.78, 5) is 26.8. The smallest absolute Gasteiger partial charge is 0.265 e. The van der Waals surface area contributed by atoms with Crippen LogP contribution >= 0.6 is 22.9 Å². The molecule has 0 aliphatic carbocycles. The number of fused-ring (bicyclic) bond motifs is 1. The largest absolute Gasteiger partial charge is 0.505 e. The molecule has 0 radical (unpaired) electrons. The summed E-state index contributed by atoms with van der Waals surface area (Å²) in [5.74, 6) is -1.04. The van der Waals surface area contributed by atoms with E-state index in [1.54, 1.807) is 35.7 Å². The van der Waals surface area contributed by atoms with Crippen molar-refractivity contribution in [3.05, 3.63) is 56.7 Å². The Morgan fingerprint density at radius 2 is 2.05 bits per heavy atom. The molecular formula is C14H9ClN2O3S. The summed E-state index contributed by atoms with van der Waals surface area (Å²) in [5.41, 5.74) is -0.112. The lowest BCUT2D eigenvalue weighted by atomic mass is 10.2. The summed E-state index contributed by atoms with van der Waals surface area (Å²) in [6, 6.07) is 8.31. The van der Waals surface area contributed by atoms with Gasteiger partial charge in [-0.2, -0.15) is 0 Å². The van der Waals surface area contributed by atoms with E-state index in [2.05, 4.69) is 10.3 Å². The zero-order chi connectivity index (χ0) is 15.0. The first-order chi connectivity index (χ1) is 10.1. The van der Waals surface area contributed by atoms with Crippen molar-refractivity contribution < 1.29 is 9.90 Å². The Balaban J connectivity index is 2.06. The van der Waals surface area contributed by atoms with Gasteiger partial charge in [0.1, 0.15) is 5.56 Å². The molecule has 3 N–H and O–H groups in total. The number of carbonyl (C=O) groups excluding carboxylic acids is 1. The number of pyridine rings is 1. The maximum absolute atomic E-state index is 12.2. The molecule has 2 heterocycles. The Labute approximate surface area is 127 Å². The Bertz CT molecular complexity index is 901. The normalized spacial score (nSPS) is 10.7. The highest BCUT2D eigenvalue weighted by molar-refractivity contribution is 7.17. The molecule has 0 aliphatic rings. The van der Waals surface area contributed by atoms with Crippen LogP contribution in [0.2, 0.25) is 5.02 Å². The molecule has 3 aromatic rings. The summed E-state index contributed by atoms with van der Waals surface area (Å²) in [6.45, 7) is 0. The van der Waals surface area contributed by atoms with Crippen LogP contribution in [0.1, 0.15) is 10.4 Å². The summed E-state index contributed by atoms with van der Waals surface area (Å²) in [6.07, 6.45) is 0. The zero-order valence-corrected chi connectivity index (χ0v) is 12.1. The molecule has 3 rings (SSSR count). The van der Waals surface area contributed by atoms with Crippen LogP contribution in [-0.2, 0) is 0 Å². The Hall–Kier alpha value is -2.31. The number of aromatic nitrogens is 1. The molecular weight excluding hydrogens is 312 g/mol. The third-order valence-electron chi connectivity index (χ3n) is 2.94. The Morgan fingerprint density at radius 1 is 1.29 bits per heavy atom. The number of halogens is 1. The first-order valence-corrected chi connectivity index (χ1v) is 7.22. The van der Waals surface area contributed by atoms with E-state index >= 15 is 0 Å². The van der Waals surface area contributed by atoms with E-state index in [0.29, 0.717) is 20.9 Å². The third-order valence-corrected chi connectivity index (χ3v) is 4.19. The Morgan fingerprint density at radius 3 is 2.81 bits per heavy atom. The fourth-order valence-electron chi connectivity index (χ4n) is 1.96. The molecule has 7 heteroatoms. The first-order valence-electron chi connectivity index (χ1n) is 5.96. The highest BCUT2D eigenvalue weighted by Gasteiger charge is 2.20. The number of nitrogens with one attached hydrogen (secondary N) is 2. The van der Waals surface area contributed by atoms with Crippen molar-refractivity contribution >= 4 is 44.7 Å². The second-order valence-corrected chi connectivity index (χ2v) is 5.60. The molecule has 5 nitrogen and oxygen atoms in total. The van der Waals surface area contributed by atoms with Gasteiger partial charge in [-0.25, -0.2) is 0 Å². The molecule has 0 bridgehead atoms. The van der Waals surface area contributed by atoms with Crippen LogP contribution in [0.3, 0.4) is 0 Å². The fourth-order valence-corrected chi connectivity index (χ4v) is 2.94. The number of para-hydroxylation sites is 1. The molecule has 0 saturated carbocycles. The molecule has 1 aromatic carbocycles. The maximum atomic E-state index is 12.2. The lowest BCUT2D eigenvalue weighted by molar-refractivity contribution is 0.102. The highest BCUT2D eigenvalue weighted by atomic mass is 35.5. The van der Waals surface area contributed by atoms with Gasteiger partial charge in [0.15, 0.2) is 5.75 Å². The van der Waals surface area contributed by atoms with Crippen LogP contribution in [0.5, 0.6) is 5.75 Å². The van der Waals surface area contributed by atoms with Crippen molar-refractivity contribution in [2.24, 2.45) is 0 Å². The van der Waals surface area contributed by atoms with Gasteiger partial charge in [-0.15, -0.1) is 11.3 Å². The number of hydrogen-bond donors (Lipinski definition) is 3. The number of aromatic hydroxyl groups is 1. The molecule has 106 valence electrons. The van der Waals surface area contributed by atoms with Crippen molar-refractivity contribution in [2.75, 3.05) is 5.32 Å². The quantitative estimate of drug-likeness (QED) is 0.678. The van der Waals surface area contributed by atoms with Gasteiger partial charge < -0.3 is 15.4 Å². The van der Waals surface area contributed by atoms with Gasteiger partial charge in [-0.1, -0.05) is 23.7 Å². The molecule has 0 aliphatic heterocycles. The van der Waals surface area contributed by atoms with E-state index in [9.17, 15) is 14.7 Å². The molecule has 0 spiro atoms. The van der Waals surface area contributed by atoms with Crippen molar-refractivity contribution in [3.63, 3.8) is 0 Å². The van der Waals surface area contributed by atoms with E-state index in [4.69, 9.17) is 11.6 Å². The van der Waals surface area contributed by atoms with E-state index in [-0.39, 0.29) is 11.3 Å². The van der Waals surface area contributed by atoms with E-state index in [0.717, 1.165) is 0 Å². The monoisotopic (exact) mass is 320 g/mol. The van der Waals surface area contributed by atoms with E-state index in [1.807, 2.05) is 0 Å². The SMILES string of the molecule is O=C(Nc1ccccc1Cl)c1c(O)c2sccc2[nH]c1=O. The summed E-state index contributed by atoms with van der Waals surface area (Å²) >= 11 is 7.19. The summed E-state index contributed by atoms with van der Waals surface area (Å²) in [5, 5.41) is 14.7. The van der Waals surface area contributed by atoms with Crippen molar-refractivity contribution in [1.82, 2.24) is 4.98 Å². The van der Waals surface area contributed by atoms with Crippen LogP contribution in [0.25, 0.3) is 10.2 Å². The van der Waals surface area contributed by atoms with Gasteiger partial charge in [0.2, 0.25) is 0 Å². The molecule has 0 saturated heterocycles. The molecule has 0 fully saturated rings. The second kappa shape index (κ2) is 5.23. The average Bonchev–Trinajstić information content (AvgIpc) is 2.90. The minimum Gasteiger partial charge on any atom is -0.505 e. The van der Waals surface area contributed by atoms with Crippen LogP contribution in [-0.4, -0.2) is 16.0 Å². The minimum absolute atomic E-state index is 0.326. The van der Waals surface area contributed by atoms with Crippen LogP contribution < -0.4 is 10.9 Å². The first kappa shape index (κ1) is 13.7. The number of anilines is 1. The minimum atomic E-state index is -0.711.